The van der Waals surface area contributed by atoms with Gasteiger partial charge in [-0.1, -0.05) is 35.0 Å². The van der Waals surface area contributed by atoms with Crippen LogP contribution in [0.2, 0.25) is 0 Å². The summed E-state index contributed by atoms with van der Waals surface area (Å²) < 4.78 is 6.82. The molecule has 0 aliphatic carbocycles. The van der Waals surface area contributed by atoms with Gasteiger partial charge in [-0.2, -0.15) is 0 Å². The summed E-state index contributed by atoms with van der Waals surface area (Å²) in [6.45, 7) is 3.08. The van der Waals surface area contributed by atoms with Gasteiger partial charge in [0.1, 0.15) is 0 Å². The molecule has 2 rings (SSSR count). The van der Waals surface area contributed by atoms with Crippen molar-refractivity contribution in [1.82, 2.24) is 0 Å². The van der Waals surface area contributed by atoms with Gasteiger partial charge < -0.3 is 4.74 Å². The van der Waals surface area contributed by atoms with Gasteiger partial charge in [0, 0.05) is 10.9 Å². The van der Waals surface area contributed by atoms with Gasteiger partial charge in [0.25, 0.3) is 0 Å². The first-order valence-electron chi connectivity index (χ1n) is 4.67. The van der Waals surface area contributed by atoms with Crippen LogP contribution in [0.25, 0.3) is 0 Å². The Morgan fingerprint density at radius 3 is 2.77 bits per heavy atom. The largest absolute Gasteiger partial charge is 0.370 e. The fourth-order valence-corrected chi connectivity index (χ4v) is 2.23. The van der Waals surface area contributed by atoms with E-state index in [-0.39, 0.29) is 5.60 Å². The minimum Gasteiger partial charge on any atom is -0.370 e. The lowest BCUT2D eigenvalue weighted by Gasteiger charge is -2.41. The van der Waals surface area contributed by atoms with Crippen LogP contribution in [0.4, 0.5) is 0 Å². The lowest BCUT2D eigenvalue weighted by molar-refractivity contribution is -0.156. The number of rotatable bonds is 2. The van der Waals surface area contributed by atoms with E-state index in [4.69, 9.17) is 4.74 Å². The molecule has 0 spiro atoms. The first kappa shape index (κ1) is 9.22. The summed E-state index contributed by atoms with van der Waals surface area (Å²) in [6, 6.07) is 8.42. The Balaban J connectivity index is 2.33. The maximum Gasteiger partial charge on any atom is 0.0951 e. The zero-order chi connectivity index (χ0) is 9.31. The fraction of sp³-hybridized carbons (Fsp3) is 0.455. The number of ether oxygens (including phenoxy) is 1. The van der Waals surface area contributed by atoms with Crippen LogP contribution in [0, 0.1) is 0 Å². The van der Waals surface area contributed by atoms with Crippen LogP contribution in [0.5, 0.6) is 0 Å². The van der Waals surface area contributed by atoms with Crippen LogP contribution in [0.3, 0.4) is 0 Å². The lowest BCUT2D eigenvalue weighted by Crippen LogP contribution is -2.40. The molecule has 1 fully saturated rings. The van der Waals surface area contributed by atoms with Crippen LogP contribution in [0.15, 0.2) is 28.7 Å². The van der Waals surface area contributed by atoms with Crippen molar-refractivity contribution in [2.75, 3.05) is 6.61 Å². The first-order valence-corrected chi connectivity index (χ1v) is 5.46. The maximum atomic E-state index is 5.69. The van der Waals surface area contributed by atoms with Crippen molar-refractivity contribution >= 4 is 15.9 Å². The van der Waals surface area contributed by atoms with E-state index in [9.17, 15) is 0 Å². The molecule has 0 saturated carbocycles. The quantitative estimate of drug-likeness (QED) is 0.770. The van der Waals surface area contributed by atoms with Gasteiger partial charge in [-0.15, -0.1) is 0 Å². The van der Waals surface area contributed by atoms with E-state index in [0.717, 1.165) is 23.9 Å². The number of hydrogen-bond acceptors (Lipinski definition) is 1. The summed E-state index contributed by atoms with van der Waals surface area (Å²) in [5.41, 5.74) is 1.32. The van der Waals surface area contributed by atoms with Crippen LogP contribution >= 0.6 is 15.9 Å². The summed E-state index contributed by atoms with van der Waals surface area (Å²) in [5, 5.41) is 0. The molecule has 1 unspecified atom stereocenters. The smallest absolute Gasteiger partial charge is 0.0951 e. The third-order valence-electron chi connectivity index (χ3n) is 2.81. The van der Waals surface area contributed by atoms with Crippen LogP contribution in [-0.2, 0) is 10.3 Å². The zero-order valence-corrected chi connectivity index (χ0v) is 9.30. The highest BCUT2D eigenvalue weighted by Crippen LogP contribution is 2.40. The summed E-state index contributed by atoms with van der Waals surface area (Å²) in [5.74, 6) is 0. The van der Waals surface area contributed by atoms with Gasteiger partial charge in [-0.3, -0.25) is 0 Å². The van der Waals surface area contributed by atoms with Crippen molar-refractivity contribution in [2.24, 2.45) is 0 Å². The second-order valence-corrected chi connectivity index (χ2v) is 4.37. The Kier molecular flexibility index (Phi) is 2.43. The molecule has 0 N–H and O–H groups in total. The monoisotopic (exact) mass is 240 g/mol. The molecule has 13 heavy (non-hydrogen) atoms. The summed E-state index contributed by atoms with van der Waals surface area (Å²) in [7, 11) is 0. The molecule has 0 radical (unpaired) electrons. The van der Waals surface area contributed by atoms with E-state index < -0.39 is 0 Å². The van der Waals surface area contributed by atoms with E-state index in [1.165, 1.54) is 5.56 Å². The standard InChI is InChI=1S/C11H13BrO/c1-2-11(6-7-13-11)9-4-3-5-10(12)8-9/h3-5,8H,2,6-7H2,1H3. The van der Waals surface area contributed by atoms with E-state index >= 15 is 0 Å². The predicted octanol–water partition coefficient (Wildman–Crippen LogP) is 3.47. The van der Waals surface area contributed by atoms with Gasteiger partial charge in [-0.05, 0) is 24.1 Å². The van der Waals surface area contributed by atoms with Crippen molar-refractivity contribution in [1.29, 1.82) is 0 Å². The third-order valence-corrected chi connectivity index (χ3v) is 3.30. The molecule has 1 saturated heterocycles. The zero-order valence-electron chi connectivity index (χ0n) is 7.72. The lowest BCUT2D eigenvalue weighted by atomic mass is 9.84. The highest BCUT2D eigenvalue weighted by Gasteiger charge is 2.38. The van der Waals surface area contributed by atoms with Gasteiger partial charge >= 0.3 is 0 Å². The second kappa shape index (κ2) is 3.43. The van der Waals surface area contributed by atoms with E-state index in [1.54, 1.807) is 0 Å². The van der Waals surface area contributed by atoms with Crippen LogP contribution in [0.1, 0.15) is 25.3 Å². The Morgan fingerprint density at radius 1 is 1.54 bits per heavy atom. The number of hydrogen-bond donors (Lipinski definition) is 0. The topological polar surface area (TPSA) is 9.23 Å². The highest BCUT2D eigenvalue weighted by molar-refractivity contribution is 9.10. The normalized spacial score (nSPS) is 26.9. The minimum atomic E-state index is 0.0176. The van der Waals surface area contributed by atoms with Gasteiger partial charge in [0.15, 0.2) is 0 Å². The van der Waals surface area contributed by atoms with E-state index in [2.05, 4.69) is 41.1 Å². The number of benzene rings is 1. The molecule has 1 aromatic carbocycles. The predicted molar refractivity (Wildman–Crippen MR) is 56.7 cm³/mol. The molecular formula is C11H13BrO. The fourth-order valence-electron chi connectivity index (χ4n) is 1.83. The van der Waals surface area contributed by atoms with Crippen molar-refractivity contribution in [2.45, 2.75) is 25.4 Å². The minimum absolute atomic E-state index is 0.0176. The van der Waals surface area contributed by atoms with Crippen molar-refractivity contribution in [3.8, 4) is 0 Å². The molecule has 1 aromatic rings. The van der Waals surface area contributed by atoms with Crippen LogP contribution in [-0.4, -0.2) is 6.61 Å². The maximum absolute atomic E-state index is 5.69. The summed E-state index contributed by atoms with van der Waals surface area (Å²) in [4.78, 5) is 0. The van der Waals surface area contributed by atoms with Gasteiger partial charge in [-0.25, -0.2) is 0 Å². The molecule has 0 aromatic heterocycles. The van der Waals surface area contributed by atoms with Crippen molar-refractivity contribution < 1.29 is 4.74 Å². The molecule has 70 valence electrons. The van der Waals surface area contributed by atoms with Gasteiger partial charge in [0.05, 0.1) is 12.2 Å². The van der Waals surface area contributed by atoms with Gasteiger partial charge in [0.2, 0.25) is 0 Å². The molecule has 1 aliphatic heterocycles. The van der Waals surface area contributed by atoms with Crippen molar-refractivity contribution in [3.63, 3.8) is 0 Å². The highest BCUT2D eigenvalue weighted by atomic mass is 79.9. The molecule has 1 heterocycles. The first-order chi connectivity index (χ1) is 6.27. The molecule has 1 atom stereocenters. The van der Waals surface area contributed by atoms with Crippen molar-refractivity contribution in [3.05, 3.63) is 34.3 Å². The molecular weight excluding hydrogens is 228 g/mol. The average Bonchev–Trinajstić information content (AvgIpc) is 2.03. The second-order valence-electron chi connectivity index (χ2n) is 3.46. The Bertz CT molecular complexity index is 299. The van der Waals surface area contributed by atoms with Crippen LogP contribution < -0.4 is 0 Å². The van der Waals surface area contributed by atoms with E-state index in [1.807, 2.05) is 6.07 Å². The Labute approximate surface area is 87.2 Å². The molecule has 0 amide bonds. The SMILES string of the molecule is CCC1(c2cccc(Br)c2)CCO1. The Morgan fingerprint density at radius 2 is 2.31 bits per heavy atom. The molecule has 2 heteroatoms. The number of halogens is 1. The average molecular weight is 241 g/mol. The Hall–Kier alpha value is -0.340. The molecule has 0 bridgehead atoms. The molecule has 1 nitrogen and oxygen atoms in total. The summed E-state index contributed by atoms with van der Waals surface area (Å²) in [6.07, 6.45) is 2.21. The van der Waals surface area contributed by atoms with E-state index in [0.29, 0.717) is 0 Å². The summed E-state index contributed by atoms with van der Waals surface area (Å²) >= 11 is 3.48. The molecule has 1 aliphatic rings. The third kappa shape index (κ3) is 1.53.